The molecule has 7 heteroatoms. The molecule has 0 amide bonds. The molecule has 0 saturated heterocycles. The number of ketones is 1. The van der Waals surface area contributed by atoms with Gasteiger partial charge in [0, 0.05) is 0 Å². The number of hydrogen-bond donors (Lipinski definition) is 0. The molecule has 86 valence electrons. The highest BCUT2D eigenvalue weighted by molar-refractivity contribution is 14.1. The first-order valence-corrected chi connectivity index (χ1v) is 6.32. The number of nitrogens with zero attached hydrogens (tertiary/aromatic N) is 1. The maximum atomic E-state index is 11.5. The third-order valence-corrected chi connectivity index (χ3v) is 3.26. The van der Waals surface area contributed by atoms with Gasteiger partial charge in [0.25, 0.3) is 5.69 Å². The Morgan fingerprint density at radius 2 is 2.25 bits per heavy atom. The highest BCUT2D eigenvalue weighted by Crippen LogP contribution is 2.30. The molecule has 5 nitrogen and oxygen atoms in total. The molecule has 1 rings (SSSR count). The predicted molar refractivity (Wildman–Crippen MR) is 70.5 cm³/mol. The number of ether oxygens (including phenoxy) is 1. The van der Waals surface area contributed by atoms with Gasteiger partial charge in [0.15, 0.2) is 5.78 Å². The summed E-state index contributed by atoms with van der Waals surface area (Å²) in [6, 6.07) is 2.72. The van der Waals surface area contributed by atoms with Crippen molar-refractivity contribution >= 4 is 50.0 Å². The standard InChI is InChI=1S/C9H7BrINO4/c1-16-9-3-7(12(14)15)6(11)2-5(9)8(13)4-10/h2-3H,4H2,1H3. The van der Waals surface area contributed by atoms with Crippen LogP contribution in [0, 0.1) is 13.7 Å². The fourth-order valence-electron chi connectivity index (χ4n) is 1.14. The van der Waals surface area contributed by atoms with Gasteiger partial charge in [-0.15, -0.1) is 0 Å². The average molecular weight is 400 g/mol. The minimum absolute atomic E-state index is 0.0661. The molecule has 0 aliphatic carbocycles. The average Bonchev–Trinajstić information content (AvgIpc) is 2.27. The summed E-state index contributed by atoms with van der Waals surface area (Å²) >= 11 is 4.86. The van der Waals surface area contributed by atoms with Crippen LogP contribution in [0.15, 0.2) is 12.1 Å². The molecule has 1 aromatic carbocycles. The van der Waals surface area contributed by atoms with Gasteiger partial charge in [0.05, 0.1) is 32.6 Å². The Hall–Kier alpha value is -0.700. The molecule has 0 spiro atoms. The van der Waals surface area contributed by atoms with Crippen LogP contribution in [0.1, 0.15) is 10.4 Å². The van der Waals surface area contributed by atoms with Crippen molar-refractivity contribution in [3.05, 3.63) is 31.4 Å². The molecule has 0 N–H and O–H groups in total. The summed E-state index contributed by atoms with van der Waals surface area (Å²) in [6.07, 6.45) is 0. The minimum atomic E-state index is -0.507. The molecule has 1 aromatic rings. The zero-order valence-corrected chi connectivity index (χ0v) is 11.9. The number of halogens is 2. The van der Waals surface area contributed by atoms with Gasteiger partial charge in [0.1, 0.15) is 5.75 Å². The Balaban J connectivity index is 3.37. The van der Waals surface area contributed by atoms with Gasteiger partial charge in [-0.25, -0.2) is 0 Å². The van der Waals surface area contributed by atoms with E-state index in [1.165, 1.54) is 19.2 Å². The second-order valence-electron chi connectivity index (χ2n) is 2.82. The van der Waals surface area contributed by atoms with Gasteiger partial charge < -0.3 is 4.74 Å². The lowest BCUT2D eigenvalue weighted by Gasteiger charge is -2.07. The van der Waals surface area contributed by atoms with Crippen molar-refractivity contribution < 1.29 is 14.5 Å². The van der Waals surface area contributed by atoms with Crippen molar-refractivity contribution in [3.63, 3.8) is 0 Å². The molecule has 0 aromatic heterocycles. The molecule has 0 heterocycles. The smallest absolute Gasteiger partial charge is 0.286 e. The van der Waals surface area contributed by atoms with Crippen molar-refractivity contribution in [1.82, 2.24) is 0 Å². The van der Waals surface area contributed by atoms with E-state index in [1.54, 1.807) is 0 Å². The molecule has 0 radical (unpaired) electrons. The number of benzene rings is 1. The number of hydrogen-bond acceptors (Lipinski definition) is 4. The summed E-state index contributed by atoms with van der Waals surface area (Å²) in [7, 11) is 1.37. The van der Waals surface area contributed by atoms with Crippen LogP contribution in [0.5, 0.6) is 5.75 Å². The van der Waals surface area contributed by atoms with Crippen molar-refractivity contribution in [1.29, 1.82) is 0 Å². The van der Waals surface area contributed by atoms with Crippen LogP contribution in [-0.2, 0) is 0 Å². The minimum Gasteiger partial charge on any atom is -0.496 e. The zero-order chi connectivity index (χ0) is 12.3. The van der Waals surface area contributed by atoms with Crippen LogP contribution >= 0.6 is 38.5 Å². The van der Waals surface area contributed by atoms with Crippen molar-refractivity contribution in [3.8, 4) is 5.75 Å². The Morgan fingerprint density at radius 3 is 2.69 bits per heavy atom. The molecule has 0 saturated carbocycles. The zero-order valence-electron chi connectivity index (χ0n) is 8.20. The van der Waals surface area contributed by atoms with Gasteiger partial charge in [-0.05, 0) is 28.7 Å². The molecule has 0 aliphatic rings. The fourth-order valence-corrected chi connectivity index (χ4v) is 2.11. The Bertz CT molecular complexity index is 449. The lowest BCUT2D eigenvalue weighted by molar-refractivity contribution is -0.385. The van der Waals surface area contributed by atoms with Crippen molar-refractivity contribution in [2.75, 3.05) is 12.4 Å². The molecule has 0 unspecified atom stereocenters. The molecule has 0 fully saturated rings. The van der Waals surface area contributed by atoms with Gasteiger partial charge in [-0.3, -0.25) is 14.9 Å². The lowest BCUT2D eigenvalue weighted by atomic mass is 10.1. The van der Waals surface area contributed by atoms with Crippen LogP contribution in [0.4, 0.5) is 5.69 Å². The van der Waals surface area contributed by atoms with E-state index in [0.29, 0.717) is 9.13 Å². The second kappa shape index (κ2) is 5.58. The topological polar surface area (TPSA) is 69.4 Å². The van der Waals surface area contributed by atoms with E-state index in [9.17, 15) is 14.9 Å². The molecule has 0 bridgehead atoms. The number of Topliss-reactive ketones (excluding diaryl/α,β-unsaturated/α-hetero) is 1. The number of rotatable bonds is 4. The summed E-state index contributed by atoms with van der Waals surface area (Å²) in [6.45, 7) is 0. The number of methoxy groups -OCH3 is 1. The van der Waals surface area contributed by atoms with Gasteiger partial charge in [0.2, 0.25) is 0 Å². The number of carbonyl (C=O) groups excluding carboxylic acids is 1. The third kappa shape index (κ3) is 2.70. The molecule has 0 atom stereocenters. The van der Waals surface area contributed by atoms with E-state index in [4.69, 9.17) is 4.74 Å². The van der Waals surface area contributed by atoms with E-state index in [0.717, 1.165) is 0 Å². The van der Waals surface area contributed by atoms with E-state index in [-0.39, 0.29) is 22.6 Å². The lowest BCUT2D eigenvalue weighted by Crippen LogP contribution is -2.05. The first-order valence-electron chi connectivity index (χ1n) is 4.12. The van der Waals surface area contributed by atoms with E-state index >= 15 is 0 Å². The van der Waals surface area contributed by atoms with Gasteiger partial charge in [-0.1, -0.05) is 15.9 Å². The van der Waals surface area contributed by atoms with Gasteiger partial charge >= 0.3 is 0 Å². The van der Waals surface area contributed by atoms with Crippen LogP contribution in [0.3, 0.4) is 0 Å². The predicted octanol–water partition coefficient (Wildman–Crippen LogP) is 2.79. The monoisotopic (exact) mass is 399 g/mol. The highest BCUT2D eigenvalue weighted by Gasteiger charge is 2.20. The SMILES string of the molecule is COc1cc([N+](=O)[O-])c(I)cc1C(=O)CBr. The highest BCUT2D eigenvalue weighted by atomic mass is 127. The molecular weight excluding hydrogens is 393 g/mol. The Kier molecular flexibility index (Phi) is 4.66. The van der Waals surface area contributed by atoms with Crippen molar-refractivity contribution in [2.24, 2.45) is 0 Å². The summed E-state index contributed by atoms with van der Waals surface area (Å²) in [5, 5.41) is 10.8. The second-order valence-corrected chi connectivity index (χ2v) is 4.54. The normalized spacial score (nSPS) is 9.94. The maximum absolute atomic E-state index is 11.5. The summed E-state index contributed by atoms with van der Waals surface area (Å²) in [5.74, 6) is 0.0428. The van der Waals surface area contributed by atoms with E-state index < -0.39 is 4.92 Å². The Morgan fingerprint density at radius 1 is 1.62 bits per heavy atom. The quantitative estimate of drug-likeness (QED) is 0.256. The Labute approximate surface area is 114 Å². The number of alkyl halides is 1. The number of nitro groups is 1. The third-order valence-electron chi connectivity index (χ3n) is 1.89. The van der Waals surface area contributed by atoms with Crippen molar-refractivity contribution in [2.45, 2.75) is 0 Å². The number of nitro benzene ring substituents is 1. The van der Waals surface area contributed by atoms with Crippen LogP contribution in [0.25, 0.3) is 0 Å². The molecular formula is C9H7BrINO4. The van der Waals surface area contributed by atoms with Crippen LogP contribution in [0.2, 0.25) is 0 Å². The van der Waals surface area contributed by atoms with Crippen LogP contribution < -0.4 is 4.74 Å². The first kappa shape index (κ1) is 13.4. The molecule has 16 heavy (non-hydrogen) atoms. The summed E-state index contributed by atoms with van der Waals surface area (Å²) in [5.41, 5.74) is 0.276. The maximum Gasteiger partial charge on any atom is 0.286 e. The largest absolute Gasteiger partial charge is 0.496 e. The van der Waals surface area contributed by atoms with E-state index in [1.807, 2.05) is 22.6 Å². The van der Waals surface area contributed by atoms with E-state index in [2.05, 4.69) is 15.9 Å². The summed E-state index contributed by atoms with van der Waals surface area (Å²) < 4.78 is 5.37. The summed E-state index contributed by atoms with van der Waals surface area (Å²) in [4.78, 5) is 21.7. The molecule has 0 aliphatic heterocycles. The number of carbonyl (C=O) groups is 1. The van der Waals surface area contributed by atoms with Crippen LogP contribution in [-0.4, -0.2) is 23.1 Å². The van der Waals surface area contributed by atoms with Gasteiger partial charge in [-0.2, -0.15) is 0 Å². The fraction of sp³-hybridized carbons (Fsp3) is 0.222. The first-order chi connectivity index (χ1) is 7.51.